The predicted octanol–water partition coefficient (Wildman–Crippen LogP) is 3.25. The number of carbonyl (C=O) groups excluding carboxylic acids is 4. The van der Waals surface area contributed by atoms with Crippen LogP contribution in [0.1, 0.15) is 56.3 Å². The minimum Gasteiger partial charge on any atom is -0.482 e. The SMILES string of the molecule is O=C1COc2ccc(CNC(=O)c3nc4sc5c(c4c(=O)[nH]3)CCCS5(=O)=O)cc2N1.O=C1COc2ccc(CNC(=O)c3nc4sc5c(c4c(=O)[nH]3)CCCS5)cc2N1. The predicted molar refractivity (Wildman–Crippen MR) is 223 cm³/mol. The second-order valence-electron chi connectivity index (χ2n) is 14.0. The average molecular weight is 889 g/mol. The van der Waals surface area contributed by atoms with Gasteiger partial charge in [-0.3, -0.25) is 28.8 Å². The van der Waals surface area contributed by atoms with Gasteiger partial charge >= 0.3 is 0 Å². The Balaban J connectivity index is 0.000000154. The number of hydrogen-bond acceptors (Lipinski definition) is 15. The molecule has 0 atom stereocenters. The molecule has 4 aliphatic rings. The van der Waals surface area contributed by atoms with Crippen molar-refractivity contribution < 1.29 is 37.1 Å². The number of thiophene rings is 2. The fraction of sp³-hybridized carbons (Fsp3) is 0.263. The maximum absolute atomic E-state index is 12.6. The summed E-state index contributed by atoms with van der Waals surface area (Å²) >= 11 is 4.14. The second kappa shape index (κ2) is 15.8. The highest BCUT2D eigenvalue weighted by atomic mass is 32.2. The molecule has 8 heterocycles. The van der Waals surface area contributed by atoms with Crippen molar-refractivity contribution in [1.82, 2.24) is 30.6 Å². The maximum Gasteiger partial charge on any atom is 0.287 e. The van der Waals surface area contributed by atoms with Crippen LogP contribution >= 0.6 is 34.4 Å². The minimum atomic E-state index is -3.43. The fourth-order valence-corrected chi connectivity index (χ4v) is 12.9. The van der Waals surface area contributed by atoms with Crippen molar-refractivity contribution in [3.63, 3.8) is 0 Å². The van der Waals surface area contributed by atoms with E-state index in [-0.39, 0.29) is 75.5 Å². The molecule has 10 rings (SSSR count). The van der Waals surface area contributed by atoms with E-state index in [1.807, 2.05) is 0 Å². The minimum absolute atomic E-state index is 0.000642. The fourth-order valence-electron chi connectivity index (χ4n) is 7.08. The van der Waals surface area contributed by atoms with Crippen LogP contribution < -0.4 is 41.9 Å². The lowest BCUT2D eigenvalue weighted by Gasteiger charge is -2.18. The third-order valence-corrected chi connectivity index (χ3v) is 16.0. The molecule has 0 saturated heterocycles. The molecular formula is C38H32N8O10S4. The largest absolute Gasteiger partial charge is 0.482 e. The Hall–Kier alpha value is -6.10. The van der Waals surface area contributed by atoms with Gasteiger partial charge in [-0.1, -0.05) is 12.1 Å². The Kier molecular flexibility index (Phi) is 10.4. The number of anilines is 2. The van der Waals surface area contributed by atoms with Gasteiger partial charge in [-0.05, 0) is 78.0 Å². The molecule has 308 valence electrons. The molecule has 0 spiro atoms. The summed E-state index contributed by atoms with van der Waals surface area (Å²) in [6.07, 6.45) is 2.85. The number of fused-ring (bicyclic) bond motifs is 8. The summed E-state index contributed by atoms with van der Waals surface area (Å²) in [6.45, 7) is 0.298. The van der Waals surface area contributed by atoms with Crippen LogP contribution in [0.5, 0.6) is 11.5 Å². The third-order valence-electron chi connectivity index (χ3n) is 9.86. The van der Waals surface area contributed by atoms with Gasteiger partial charge in [-0.25, -0.2) is 18.4 Å². The number of hydrogen-bond donors (Lipinski definition) is 6. The van der Waals surface area contributed by atoms with Gasteiger partial charge in [0, 0.05) is 13.1 Å². The van der Waals surface area contributed by atoms with Gasteiger partial charge < -0.3 is 40.7 Å². The van der Waals surface area contributed by atoms with Gasteiger partial charge in [0.15, 0.2) is 23.1 Å². The van der Waals surface area contributed by atoms with E-state index in [0.717, 1.165) is 45.3 Å². The number of aryl methyl sites for hydroxylation is 2. The molecule has 0 bridgehead atoms. The molecule has 6 N–H and O–H groups in total. The zero-order valence-corrected chi connectivity index (χ0v) is 34.4. The lowest BCUT2D eigenvalue weighted by molar-refractivity contribution is -0.119. The van der Waals surface area contributed by atoms with Crippen LogP contribution in [0.3, 0.4) is 0 Å². The number of rotatable bonds is 6. The Morgan fingerprint density at radius 2 is 1.25 bits per heavy atom. The third kappa shape index (κ3) is 7.73. The van der Waals surface area contributed by atoms with Gasteiger partial charge in [0.25, 0.3) is 34.7 Å². The van der Waals surface area contributed by atoms with Crippen molar-refractivity contribution in [3.05, 3.63) is 91.0 Å². The van der Waals surface area contributed by atoms with E-state index >= 15 is 0 Å². The normalized spacial score (nSPS) is 16.0. The lowest BCUT2D eigenvalue weighted by atomic mass is 10.1. The molecule has 0 saturated carbocycles. The summed E-state index contributed by atoms with van der Waals surface area (Å²) in [5.41, 5.74) is 3.33. The molecule has 0 aliphatic carbocycles. The molecule has 6 aromatic rings. The molecule has 60 heavy (non-hydrogen) atoms. The number of benzene rings is 2. The first-order valence-corrected chi connectivity index (χ1v) is 22.8. The van der Waals surface area contributed by atoms with Crippen LogP contribution in [0, 0.1) is 0 Å². The first kappa shape index (κ1) is 39.4. The van der Waals surface area contributed by atoms with E-state index in [4.69, 9.17) is 9.47 Å². The summed E-state index contributed by atoms with van der Waals surface area (Å²) in [6, 6.07) is 10.4. The molecular weight excluding hydrogens is 857 g/mol. The van der Waals surface area contributed by atoms with E-state index in [0.29, 0.717) is 57.1 Å². The van der Waals surface area contributed by atoms with Crippen LogP contribution in [-0.2, 0) is 45.4 Å². The van der Waals surface area contributed by atoms with Gasteiger partial charge in [-0.2, -0.15) is 0 Å². The van der Waals surface area contributed by atoms with Crippen LogP contribution in [0.2, 0.25) is 0 Å². The van der Waals surface area contributed by atoms with E-state index < -0.39 is 27.2 Å². The summed E-state index contributed by atoms with van der Waals surface area (Å²) in [5.74, 6) is 0.492. The van der Waals surface area contributed by atoms with E-state index in [9.17, 15) is 37.2 Å². The number of aromatic nitrogens is 4. The number of H-pyrrole nitrogens is 2. The first-order chi connectivity index (χ1) is 28.9. The molecule has 4 aromatic heterocycles. The average Bonchev–Trinajstić information content (AvgIpc) is 3.82. The van der Waals surface area contributed by atoms with Crippen LogP contribution in [-0.4, -0.2) is 76.7 Å². The zero-order chi connectivity index (χ0) is 41.7. The number of carbonyl (C=O) groups is 4. The quantitative estimate of drug-likeness (QED) is 0.141. The standard InChI is InChI=1S/C19H16N4O6S2.C19H16N4O4S2/c24-13-8-29-12-4-3-9(6-11(12)21-13)7-20-17(26)15-22-16(25)14-10-2-1-5-31(27,28)19(10)30-18(14)23-15;24-13-8-27-12-4-3-9(6-11(12)21-13)7-20-17(26)15-22-16(25)14-10-2-1-5-28-19(10)29-18(14)23-15/h3-4,6H,1-2,5,7-8H2,(H,20,26)(H,21,24)(H,22,23,25);3-4,6H,1-2,5,7-8H2,(H,20,26)(H,21,24)(H,22,23,25). The Morgan fingerprint density at radius 3 is 1.83 bits per heavy atom. The smallest absolute Gasteiger partial charge is 0.287 e. The van der Waals surface area contributed by atoms with Crippen LogP contribution in [0.15, 0.2) is 54.4 Å². The highest BCUT2D eigenvalue weighted by Crippen LogP contribution is 2.40. The number of thioether (sulfide) groups is 1. The Bertz CT molecular complexity index is 3050. The Labute approximate surface area is 350 Å². The van der Waals surface area contributed by atoms with Crippen molar-refractivity contribution >= 4 is 99.7 Å². The molecule has 22 heteroatoms. The topological polar surface area (TPSA) is 260 Å². The van der Waals surface area contributed by atoms with Gasteiger partial charge in [0.1, 0.15) is 25.4 Å². The summed E-state index contributed by atoms with van der Waals surface area (Å²) in [5, 5.41) is 11.7. The summed E-state index contributed by atoms with van der Waals surface area (Å²) < 4.78 is 36.5. The number of amides is 4. The second-order valence-corrected chi connectivity index (χ2v) is 19.7. The van der Waals surface area contributed by atoms with Gasteiger partial charge in [-0.15, -0.1) is 34.4 Å². The van der Waals surface area contributed by atoms with Crippen molar-refractivity contribution in [2.75, 3.05) is 35.4 Å². The number of nitrogens with zero attached hydrogens (tertiary/aromatic N) is 2. The maximum atomic E-state index is 12.6. The molecule has 4 amide bonds. The summed E-state index contributed by atoms with van der Waals surface area (Å²) in [7, 11) is -3.43. The number of ether oxygens (including phenoxy) is 2. The molecule has 0 radical (unpaired) electrons. The molecule has 0 unspecified atom stereocenters. The number of nitrogens with one attached hydrogen (secondary N) is 6. The molecule has 0 fully saturated rings. The Morgan fingerprint density at radius 1 is 0.717 bits per heavy atom. The highest BCUT2D eigenvalue weighted by Gasteiger charge is 2.30. The summed E-state index contributed by atoms with van der Waals surface area (Å²) in [4.78, 5) is 87.7. The van der Waals surface area contributed by atoms with E-state index in [1.165, 1.54) is 11.3 Å². The van der Waals surface area contributed by atoms with Crippen molar-refractivity contribution in [3.8, 4) is 11.5 Å². The lowest BCUT2D eigenvalue weighted by Crippen LogP contribution is -2.28. The molecule has 4 aliphatic heterocycles. The molecule has 18 nitrogen and oxygen atoms in total. The number of sulfone groups is 1. The highest BCUT2D eigenvalue weighted by molar-refractivity contribution is 8.01. The number of aromatic amines is 2. The molecule has 2 aromatic carbocycles. The van der Waals surface area contributed by atoms with Crippen molar-refractivity contribution in [2.45, 2.75) is 47.2 Å². The van der Waals surface area contributed by atoms with Crippen LogP contribution in [0.25, 0.3) is 20.4 Å². The zero-order valence-electron chi connectivity index (χ0n) is 31.1. The van der Waals surface area contributed by atoms with Crippen molar-refractivity contribution in [1.29, 1.82) is 0 Å². The van der Waals surface area contributed by atoms with Crippen molar-refractivity contribution in [2.24, 2.45) is 0 Å². The van der Waals surface area contributed by atoms with E-state index in [2.05, 4.69) is 41.2 Å². The van der Waals surface area contributed by atoms with Gasteiger partial charge in [0.05, 0.1) is 32.1 Å². The van der Waals surface area contributed by atoms with Crippen LogP contribution in [0.4, 0.5) is 11.4 Å². The van der Waals surface area contributed by atoms with E-state index in [1.54, 1.807) is 48.2 Å². The van der Waals surface area contributed by atoms with Gasteiger partial charge in [0.2, 0.25) is 11.6 Å². The first-order valence-electron chi connectivity index (χ1n) is 18.5. The monoisotopic (exact) mass is 888 g/mol.